The van der Waals surface area contributed by atoms with Gasteiger partial charge in [-0.05, 0) is 34.8 Å². The summed E-state index contributed by atoms with van der Waals surface area (Å²) in [5, 5.41) is 2.44. The summed E-state index contributed by atoms with van der Waals surface area (Å²) in [7, 11) is 0. The number of benzene rings is 1. The van der Waals surface area contributed by atoms with Gasteiger partial charge in [-0.3, -0.25) is 4.79 Å². The molecule has 0 radical (unpaired) electrons. The Morgan fingerprint density at radius 2 is 1.95 bits per heavy atom. The maximum absolute atomic E-state index is 13.5. The topological polar surface area (TPSA) is 55.1 Å². The predicted octanol–water partition coefficient (Wildman–Crippen LogP) is 3.33. The summed E-state index contributed by atoms with van der Waals surface area (Å²) in [5.41, 5.74) is 5.55. The molecule has 19 heavy (non-hydrogen) atoms. The standard InChI is InChI=1S/C13H15BrF2N2O/c14-8-5-11(10(16)6-9(8)15)18-12(19)7-13(17)3-1-2-4-13/h5-6H,1-4,7,17H2,(H,18,19). The number of anilines is 1. The zero-order chi connectivity index (χ0) is 14.0. The molecule has 0 heterocycles. The molecule has 104 valence electrons. The zero-order valence-electron chi connectivity index (χ0n) is 10.3. The Balaban J connectivity index is 2.05. The maximum Gasteiger partial charge on any atom is 0.226 e. The second kappa shape index (κ2) is 5.54. The van der Waals surface area contributed by atoms with Gasteiger partial charge in [0.1, 0.15) is 11.6 Å². The summed E-state index contributed by atoms with van der Waals surface area (Å²) < 4.78 is 26.7. The zero-order valence-corrected chi connectivity index (χ0v) is 11.9. The lowest BCUT2D eigenvalue weighted by atomic mass is 9.94. The highest BCUT2D eigenvalue weighted by atomic mass is 79.9. The average Bonchev–Trinajstić information content (AvgIpc) is 2.72. The van der Waals surface area contributed by atoms with Gasteiger partial charge in [-0.15, -0.1) is 0 Å². The van der Waals surface area contributed by atoms with Crippen LogP contribution >= 0.6 is 15.9 Å². The fourth-order valence-corrected chi connectivity index (χ4v) is 2.73. The van der Waals surface area contributed by atoms with Gasteiger partial charge in [-0.25, -0.2) is 8.78 Å². The van der Waals surface area contributed by atoms with Crippen LogP contribution < -0.4 is 11.1 Å². The highest BCUT2D eigenvalue weighted by Gasteiger charge is 2.31. The van der Waals surface area contributed by atoms with Crippen molar-refractivity contribution >= 4 is 27.5 Å². The average molecular weight is 333 g/mol. The summed E-state index contributed by atoms with van der Waals surface area (Å²) in [6, 6.07) is 1.94. The van der Waals surface area contributed by atoms with E-state index < -0.39 is 17.2 Å². The molecule has 2 rings (SSSR count). The number of carbonyl (C=O) groups excluding carboxylic acids is 1. The molecule has 1 saturated carbocycles. The first-order valence-electron chi connectivity index (χ1n) is 6.13. The highest BCUT2D eigenvalue weighted by Crippen LogP contribution is 2.31. The molecule has 1 fully saturated rings. The van der Waals surface area contributed by atoms with Gasteiger partial charge in [0, 0.05) is 18.0 Å². The Morgan fingerprint density at radius 1 is 1.32 bits per heavy atom. The Hall–Kier alpha value is -1.01. The Labute approximate surface area is 118 Å². The number of rotatable bonds is 3. The lowest BCUT2D eigenvalue weighted by Gasteiger charge is -2.22. The Morgan fingerprint density at radius 3 is 2.58 bits per heavy atom. The largest absolute Gasteiger partial charge is 0.325 e. The number of nitrogens with two attached hydrogens (primary N) is 1. The minimum Gasteiger partial charge on any atom is -0.325 e. The van der Waals surface area contributed by atoms with E-state index in [-0.39, 0.29) is 22.5 Å². The summed E-state index contributed by atoms with van der Waals surface area (Å²) in [6.07, 6.45) is 3.79. The van der Waals surface area contributed by atoms with E-state index >= 15 is 0 Å². The van der Waals surface area contributed by atoms with E-state index in [1.807, 2.05) is 0 Å². The molecule has 3 N–H and O–H groups in total. The summed E-state index contributed by atoms with van der Waals surface area (Å²) in [6.45, 7) is 0. The SMILES string of the molecule is NC1(CC(=O)Nc2cc(Br)c(F)cc2F)CCCC1. The van der Waals surface area contributed by atoms with Gasteiger partial charge in [-0.2, -0.15) is 0 Å². The third-order valence-electron chi connectivity index (χ3n) is 3.40. The van der Waals surface area contributed by atoms with E-state index in [4.69, 9.17) is 5.73 Å². The normalized spacial score (nSPS) is 17.5. The smallest absolute Gasteiger partial charge is 0.226 e. The molecule has 0 aromatic heterocycles. The van der Waals surface area contributed by atoms with E-state index in [2.05, 4.69) is 21.2 Å². The minimum absolute atomic E-state index is 0.0418. The van der Waals surface area contributed by atoms with Gasteiger partial charge in [-0.1, -0.05) is 12.8 Å². The Kier molecular flexibility index (Phi) is 4.20. The van der Waals surface area contributed by atoms with Gasteiger partial charge in [0.2, 0.25) is 5.91 Å². The van der Waals surface area contributed by atoms with Crippen molar-refractivity contribution in [3.63, 3.8) is 0 Å². The second-order valence-corrected chi connectivity index (χ2v) is 5.89. The molecule has 1 amide bonds. The number of amides is 1. The molecule has 1 aliphatic rings. The quantitative estimate of drug-likeness (QED) is 0.834. The fraction of sp³-hybridized carbons (Fsp3) is 0.462. The first-order chi connectivity index (χ1) is 8.89. The van der Waals surface area contributed by atoms with Crippen LogP contribution in [0.3, 0.4) is 0 Å². The van der Waals surface area contributed by atoms with Gasteiger partial charge in [0.05, 0.1) is 10.2 Å². The fourth-order valence-electron chi connectivity index (χ4n) is 2.39. The van der Waals surface area contributed by atoms with Crippen molar-refractivity contribution in [1.29, 1.82) is 0 Å². The Bertz CT molecular complexity index is 502. The van der Waals surface area contributed by atoms with Crippen LogP contribution in [-0.2, 0) is 4.79 Å². The van der Waals surface area contributed by atoms with Crippen LogP contribution in [0.4, 0.5) is 14.5 Å². The van der Waals surface area contributed by atoms with Crippen molar-refractivity contribution in [3.8, 4) is 0 Å². The van der Waals surface area contributed by atoms with Crippen LogP contribution in [0.1, 0.15) is 32.1 Å². The molecule has 0 bridgehead atoms. The summed E-state index contributed by atoms with van der Waals surface area (Å²) in [4.78, 5) is 11.9. The molecular formula is C13H15BrF2N2O. The lowest BCUT2D eigenvalue weighted by Crippen LogP contribution is -2.40. The van der Waals surface area contributed by atoms with Crippen molar-refractivity contribution < 1.29 is 13.6 Å². The van der Waals surface area contributed by atoms with Crippen molar-refractivity contribution in [3.05, 3.63) is 28.2 Å². The molecule has 0 unspecified atom stereocenters. The van der Waals surface area contributed by atoms with Crippen molar-refractivity contribution in [2.24, 2.45) is 5.73 Å². The van der Waals surface area contributed by atoms with Gasteiger partial charge in [0.25, 0.3) is 0 Å². The molecule has 0 saturated heterocycles. The van der Waals surface area contributed by atoms with Crippen LogP contribution in [0.2, 0.25) is 0 Å². The number of hydrogen-bond acceptors (Lipinski definition) is 2. The maximum atomic E-state index is 13.5. The molecular weight excluding hydrogens is 318 g/mol. The predicted molar refractivity (Wildman–Crippen MR) is 72.7 cm³/mol. The van der Waals surface area contributed by atoms with Crippen LogP contribution in [0.5, 0.6) is 0 Å². The third-order valence-corrected chi connectivity index (χ3v) is 4.00. The molecule has 0 atom stereocenters. The molecule has 0 aliphatic heterocycles. The van der Waals surface area contributed by atoms with Crippen LogP contribution in [-0.4, -0.2) is 11.4 Å². The molecule has 6 heteroatoms. The lowest BCUT2D eigenvalue weighted by molar-refractivity contribution is -0.117. The van der Waals surface area contributed by atoms with E-state index in [0.29, 0.717) is 0 Å². The van der Waals surface area contributed by atoms with Crippen LogP contribution in [0.25, 0.3) is 0 Å². The van der Waals surface area contributed by atoms with Crippen molar-refractivity contribution in [2.75, 3.05) is 5.32 Å². The van der Waals surface area contributed by atoms with E-state index in [9.17, 15) is 13.6 Å². The minimum atomic E-state index is -0.799. The van der Waals surface area contributed by atoms with Crippen LogP contribution in [0.15, 0.2) is 16.6 Å². The number of nitrogens with one attached hydrogen (secondary N) is 1. The first-order valence-corrected chi connectivity index (χ1v) is 6.92. The van der Waals surface area contributed by atoms with Crippen molar-refractivity contribution in [2.45, 2.75) is 37.6 Å². The van der Waals surface area contributed by atoms with E-state index in [1.54, 1.807) is 0 Å². The molecule has 0 spiro atoms. The molecule has 1 aromatic rings. The monoisotopic (exact) mass is 332 g/mol. The molecule has 1 aliphatic carbocycles. The third kappa shape index (κ3) is 3.51. The summed E-state index contributed by atoms with van der Waals surface area (Å²) in [5.74, 6) is -1.85. The van der Waals surface area contributed by atoms with E-state index in [0.717, 1.165) is 31.7 Å². The van der Waals surface area contributed by atoms with E-state index in [1.165, 1.54) is 6.07 Å². The molecule has 1 aromatic carbocycles. The van der Waals surface area contributed by atoms with Gasteiger partial charge in [0.15, 0.2) is 0 Å². The second-order valence-electron chi connectivity index (χ2n) is 5.04. The summed E-state index contributed by atoms with van der Waals surface area (Å²) >= 11 is 2.95. The number of hydrogen-bond donors (Lipinski definition) is 2. The first kappa shape index (κ1) is 14.4. The van der Waals surface area contributed by atoms with Gasteiger partial charge >= 0.3 is 0 Å². The number of carbonyl (C=O) groups is 1. The molecule has 3 nitrogen and oxygen atoms in total. The van der Waals surface area contributed by atoms with Crippen LogP contribution in [0, 0.1) is 11.6 Å². The van der Waals surface area contributed by atoms with Gasteiger partial charge < -0.3 is 11.1 Å². The van der Waals surface area contributed by atoms with Crippen molar-refractivity contribution in [1.82, 2.24) is 0 Å². The number of halogens is 3. The highest BCUT2D eigenvalue weighted by molar-refractivity contribution is 9.10.